The molecule has 0 saturated heterocycles. The minimum Gasteiger partial charge on any atom is -0.347 e. The average Bonchev–Trinajstić information content (AvgIpc) is 3.31. The summed E-state index contributed by atoms with van der Waals surface area (Å²) in [6.45, 7) is 6.44. The second-order valence-corrected chi connectivity index (χ2v) is 6.46. The number of nitrogens with one attached hydrogen (secondary N) is 1. The first-order chi connectivity index (χ1) is 10.5. The van der Waals surface area contributed by atoms with E-state index in [1.54, 1.807) is 0 Å². The Hall–Kier alpha value is -1.84. The van der Waals surface area contributed by atoms with Gasteiger partial charge in [-0.3, -0.25) is 9.59 Å². The summed E-state index contributed by atoms with van der Waals surface area (Å²) >= 11 is 0. The highest BCUT2D eigenvalue weighted by Gasteiger charge is 2.36. The predicted octanol–water partition coefficient (Wildman–Crippen LogP) is 2.38. The molecule has 1 aromatic rings. The summed E-state index contributed by atoms with van der Waals surface area (Å²) in [5.41, 5.74) is 0.960. The Labute approximate surface area is 132 Å². The van der Waals surface area contributed by atoms with E-state index in [0.717, 1.165) is 18.4 Å². The molecule has 1 saturated carbocycles. The van der Waals surface area contributed by atoms with Gasteiger partial charge in [-0.05, 0) is 31.2 Å². The highest BCUT2D eigenvalue weighted by molar-refractivity contribution is 5.86. The fourth-order valence-corrected chi connectivity index (χ4v) is 2.55. The molecule has 0 radical (unpaired) electrons. The van der Waals surface area contributed by atoms with Gasteiger partial charge in [-0.15, -0.1) is 0 Å². The Kier molecular flexibility index (Phi) is 5.58. The lowest BCUT2D eigenvalue weighted by Gasteiger charge is -2.32. The van der Waals surface area contributed by atoms with Crippen molar-refractivity contribution >= 4 is 11.8 Å². The standard InChI is InChI=1S/C18H26N2O2/c1-13(2)14(3)20(16-9-10-16)18(22)12-19-17(21)11-15-7-5-4-6-8-15/h4-8,13-14,16H,9-12H2,1-3H3,(H,19,21). The summed E-state index contributed by atoms with van der Waals surface area (Å²) < 4.78 is 0. The van der Waals surface area contributed by atoms with E-state index < -0.39 is 0 Å². The van der Waals surface area contributed by atoms with Crippen LogP contribution in [0, 0.1) is 5.92 Å². The molecule has 1 aliphatic rings. The van der Waals surface area contributed by atoms with Crippen LogP contribution in [0.2, 0.25) is 0 Å². The third-order valence-corrected chi connectivity index (χ3v) is 4.28. The van der Waals surface area contributed by atoms with E-state index in [4.69, 9.17) is 0 Å². The van der Waals surface area contributed by atoms with Crippen molar-refractivity contribution in [1.29, 1.82) is 0 Å². The van der Waals surface area contributed by atoms with Crippen molar-refractivity contribution in [2.75, 3.05) is 6.54 Å². The topological polar surface area (TPSA) is 49.4 Å². The molecular formula is C18H26N2O2. The minimum absolute atomic E-state index is 0.0325. The predicted molar refractivity (Wildman–Crippen MR) is 87.3 cm³/mol. The van der Waals surface area contributed by atoms with Crippen molar-refractivity contribution in [2.45, 2.75) is 52.1 Å². The maximum absolute atomic E-state index is 12.4. The van der Waals surface area contributed by atoms with Crippen molar-refractivity contribution in [1.82, 2.24) is 10.2 Å². The number of rotatable bonds is 7. The molecule has 1 atom stereocenters. The van der Waals surface area contributed by atoms with E-state index in [-0.39, 0.29) is 24.4 Å². The molecule has 120 valence electrons. The van der Waals surface area contributed by atoms with Gasteiger partial charge < -0.3 is 10.2 Å². The van der Waals surface area contributed by atoms with E-state index >= 15 is 0 Å². The molecule has 1 N–H and O–H groups in total. The van der Waals surface area contributed by atoms with Gasteiger partial charge in [0.2, 0.25) is 11.8 Å². The number of benzene rings is 1. The van der Waals surface area contributed by atoms with E-state index in [1.165, 1.54) is 0 Å². The van der Waals surface area contributed by atoms with E-state index in [2.05, 4.69) is 26.1 Å². The lowest BCUT2D eigenvalue weighted by Crippen LogP contribution is -2.47. The summed E-state index contributed by atoms with van der Waals surface area (Å²) in [5.74, 6) is 0.349. The molecular weight excluding hydrogens is 276 g/mol. The van der Waals surface area contributed by atoms with Crippen molar-refractivity contribution in [3.8, 4) is 0 Å². The summed E-state index contributed by atoms with van der Waals surface area (Å²) in [4.78, 5) is 26.4. The zero-order chi connectivity index (χ0) is 16.1. The van der Waals surface area contributed by atoms with Gasteiger partial charge in [0.05, 0.1) is 13.0 Å². The molecule has 1 aliphatic carbocycles. The van der Waals surface area contributed by atoms with Crippen LogP contribution in [0.15, 0.2) is 30.3 Å². The zero-order valence-corrected chi connectivity index (χ0v) is 13.7. The smallest absolute Gasteiger partial charge is 0.242 e. The molecule has 0 aliphatic heterocycles. The van der Waals surface area contributed by atoms with Crippen LogP contribution in [0.4, 0.5) is 0 Å². The summed E-state index contributed by atoms with van der Waals surface area (Å²) in [7, 11) is 0. The van der Waals surface area contributed by atoms with Gasteiger partial charge in [-0.1, -0.05) is 44.2 Å². The van der Waals surface area contributed by atoms with Crippen molar-refractivity contribution in [3.05, 3.63) is 35.9 Å². The zero-order valence-electron chi connectivity index (χ0n) is 13.7. The number of carbonyl (C=O) groups is 2. The van der Waals surface area contributed by atoms with Crippen LogP contribution in [-0.2, 0) is 16.0 Å². The Morgan fingerprint density at radius 2 is 1.82 bits per heavy atom. The van der Waals surface area contributed by atoms with Crippen LogP contribution in [0.3, 0.4) is 0 Å². The third kappa shape index (κ3) is 4.58. The molecule has 22 heavy (non-hydrogen) atoms. The fraction of sp³-hybridized carbons (Fsp3) is 0.556. The van der Waals surface area contributed by atoms with Crippen LogP contribution in [0.1, 0.15) is 39.2 Å². The third-order valence-electron chi connectivity index (χ3n) is 4.28. The highest BCUT2D eigenvalue weighted by atomic mass is 16.2. The van der Waals surface area contributed by atoms with Crippen LogP contribution >= 0.6 is 0 Å². The average molecular weight is 302 g/mol. The second kappa shape index (κ2) is 7.43. The van der Waals surface area contributed by atoms with Gasteiger partial charge in [0.25, 0.3) is 0 Å². The number of carbonyl (C=O) groups excluding carboxylic acids is 2. The number of hydrogen-bond acceptors (Lipinski definition) is 2. The summed E-state index contributed by atoms with van der Waals surface area (Å²) in [5, 5.41) is 2.76. The Balaban J connectivity index is 1.84. The molecule has 1 unspecified atom stereocenters. The van der Waals surface area contributed by atoms with Gasteiger partial charge in [0.1, 0.15) is 0 Å². The Bertz CT molecular complexity index is 509. The second-order valence-electron chi connectivity index (χ2n) is 6.46. The van der Waals surface area contributed by atoms with Gasteiger partial charge in [-0.2, -0.15) is 0 Å². The van der Waals surface area contributed by atoms with Gasteiger partial charge in [-0.25, -0.2) is 0 Å². The van der Waals surface area contributed by atoms with Gasteiger partial charge in [0.15, 0.2) is 0 Å². The van der Waals surface area contributed by atoms with E-state index in [1.807, 2.05) is 35.2 Å². The van der Waals surface area contributed by atoms with Crippen LogP contribution in [-0.4, -0.2) is 35.3 Å². The first kappa shape index (κ1) is 16.5. The first-order valence-electron chi connectivity index (χ1n) is 8.11. The lowest BCUT2D eigenvalue weighted by atomic mass is 10.0. The fourth-order valence-electron chi connectivity index (χ4n) is 2.55. The van der Waals surface area contributed by atoms with E-state index in [9.17, 15) is 9.59 Å². The number of amides is 2. The quantitative estimate of drug-likeness (QED) is 0.840. The molecule has 2 rings (SSSR count). The summed E-state index contributed by atoms with van der Waals surface area (Å²) in [6, 6.07) is 10.2. The number of hydrogen-bond donors (Lipinski definition) is 1. The number of nitrogens with zero attached hydrogens (tertiary/aromatic N) is 1. The molecule has 0 heterocycles. The highest BCUT2D eigenvalue weighted by Crippen LogP contribution is 2.30. The van der Waals surface area contributed by atoms with Crippen LogP contribution in [0.5, 0.6) is 0 Å². The Morgan fingerprint density at radius 1 is 1.18 bits per heavy atom. The molecule has 2 amide bonds. The first-order valence-corrected chi connectivity index (χ1v) is 8.11. The van der Waals surface area contributed by atoms with E-state index in [0.29, 0.717) is 18.4 Å². The van der Waals surface area contributed by atoms with Crippen LogP contribution < -0.4 is 5.32 Å². The Morgan fingerprint density at radius 3 is 2.36 bits per heavy atom. The molecule has 4 nitrogen and oxygen atoms in total. The van der Waals surface area contributed by atoms with Crippen molar-refractivity contribution in [2.24, 2.45) is 5.92 Å². The van der Waals surface area contributed by atoms with Crippen LogP contribution in [0.25, 0.3) is 0 Å². The normalized spacial score (nSPS) is 15.5. The summed E-state index contributed by atoms with van der Waals surface area (Å²) in [6.07, 6.45) is 2.48. The molecule has 0 spiro atoms. The largest absolute Gasteiger partial charge is 0.347 e. The molecule has 0 bridgehead atoms. The monoisotopic (exact) mass is 302 g/mol. The maximum Gasteiger partial charge on any atom is 0.242 e. The van der Waals surface area contributed by atoms with Gasteiger partial charge in [0, 0.05) is 12.1 Å². The van der Waals surface area contributed by atoms with Crippen molar-refractivity contribution < 1.29 is 9.59 Å². The molecule has 0 aromatic heterocycles. The van der Waals surface area contributed by atoms with Gasteiger partial charge >= 0.3 is 0 Å². The molecule has 1 aromatic carbocycles. The maximum atomic E-state index is 12.4. The minimum atomic E-state index is -0.104. The molecule has 1 fully saturated rings. The van der Waals surface area contributed by atoms with Crippen molar-refractivity contribution in [3.63, 3.8) is 0 Å². The lowest BCUT2D eigenvalue weighted by molar-refractivity contribution is -0.135. The SMILES string of the molecule is CC(C)C(C)N(C(=O)CNC(=O)Cc1ccccc1)C1CC1. The molecule has 4 heteroatoms.